The Kier molecular flexibility index (Phi) is 5.05. The molecule has 2 amide bonds. The molecule has 0 spiro atoms. The van der Waals surface area contributed by atoms with Crippen LogP contribution in [0.3, 0.4) is 0 Å². The van der Waals surface area contributed by atoms with Crippen molar-refractivity contribution in [3.8, 4) is 0 Å². The Morgan fingerprint density at radius 2 is 2.04 bits per heavy atom. The average molecular weight is 391 g/mol. The molecule has 0 unspecified atom stereocenters. The maximum absolute atomic E-state index is 12.9. The van der Waals surface area contributed by atoms with Crippen molar-refractivity contribution in [2.45, 2.75) is 25.3 Å². The quantitative estimate of drug-likeness (QED) is 0.678. The minimum Gasteiger partial charge on any atom is -0.323 e. The molecule has 3 aromatic rings. The Labute approximate surface area is 168 Å². The van der Waals surface area contributed by atoms with E-state index in [-0.39, 0.29) is 24.1 Å². The average Bonchev–Trinajstić information content (AvgIpc) is 2.71. The fraction of sp³-hybridized carbons (Fsp3) is 0.227. The number of fused-ring (bicyclic) bond motifs is 2. The second-order valence-electron chi connectivity index (χ2n) is 6.79. The van der Waals surface area contributed by atoms with Crippen LogP contribution in [0.4, 0.5) is 11.4 Å². The monoisotopic (exact) mass is 391 g/mol. The summed E-state index contributed by atoms with van der Waals surface area (Å²) in [6.45, 7) is 4.18. The first-order chi connectivity index (χ1) is 13.6. The van der Waals surface area contributed by atoms with E-state index in [0.717, 1.165) is 39.2 Å². The zero-order chi connectivity index (χ0) is 19.7. The summed E-state index contributed by atoms with van der Waals surface area (Å²) in [6, 6.07) is 15.7. The van der Waals surface area contributed by atoms with Gasteiger partial charge in [0.25, 0.3) is 0 Å². The van der Waals surface area contributed by atoms with Crippen molar-refractivity contribution in [1.82, 2.24) is 4.98 Å². The van der Waals surface area contributed by atoms with Gasteiger partial charge in [-0.1, -0.05) is 49.0 Å². The largest absolute Gasteiger partial charge is 0.323 e. The summed E-state index contributed by atoms with van der Waals surface area (Å²) in [5, 5.41) is 4.81. The number of rotatable bonds is 4. The van der Waals surface area contributed by atoms with Crippen molar-refractivity contribution in [3.05, 3.63) is 59.7 Å². The molecule has 28 heavy (non-hydrogen) atoms. The Balaban J connectivity index is 1.59. The minimum absolute atomic E-state index is 0.0430. The van der Waals surface area contributed by atoms with Crippen molar-refractivity contribution < 1.29 is 9.59 Å². The molecule has 1 N–H and O–H groups in total. The summed E-state index contributed by atoms with van der Waals surface area (Å²) in [5.41, 5.74) is 4.64. The molecule has 0 saturated heterocycles. The van der Waals surface area contributed by atoms with Gasteiger partial charge in [-0.3, -0.25) is 9.59 Å². The van der Waals surface area contributed by atoms with Crippen molar-refractivity contribution in [3.63, 3.8) is 0 Å². The van der Waals surface area contributed by atoms with E-state index in [0.29, 0.717) is 5.69 Å². The van der Waals surface area contributed by atoms with E-state index in [1.54, 1.807) is 4.90 Å². The van der Waals surface area contributed by atoms with E-state index in [1.807, 2.05) is 43.3 Å². The number of hydrogen-bond donors (Lipinski definition) is 1. The Hall–Kier alpha value is -2.86. The molecule has 0 saturated carbocycles. The number of carbonyl (C=O) groups is 2. The van der Waals surface area contributed by atoms with Crippen LogP contribution >= 0.6 is 11.8 Å². The summed E-state index contributed by atoms with van der Waals surface area (Å²) in [7, 11) is 0. The molecule has 0 bridgehead atoms. The van der Waals surface area contributed by atoms with Crippen LogP contribution in [-0.2, 0) is 16.0 Å². The van der Waals surface area contributed by atoms with Crippen molar-refractivity contribution >= 4 is 45.9 Å². The van der Waals surface area contributed by atoms with E-state index >= 15 is 0 Å². The highest BCUT2D eigenvalue weighted by Crippen LogP contribution is 2.31. The van der Waals surface area contributed by atoms with Gasteiger partial charge in [0.1, 0.15) is 11.6 Å². The van der Waals surface area contributed by atoms with Crippen LogP contribution in [0.15, 0.2) is 53.6 Å². The van der Waals surface area contributed by atoms with Gasteiger partial charge in [-0.25, -0.2) is 4.98 Å². The number of thioether (sulfide) groups is 1. The number of nitrogens with zero attached hydrogens (tertiary/aromatic N) is 2. The van der Waals surface area contributed by atoms with Crippen LogP contribution < -0.4 is 10.2 Å². The Bertz CT molecular complexity index is 1080. The molecule has 1 aromatic heterocycles. The van der Waals surface area contributed by atoms with E-state index in [4.69, 9.17) is 4.98 Å². The summed E-state index contributed by atoms with van der Waals surface area (Å²) >= 11 is 1.44. The number of nitrogens with one attached hydrogen (secondary N) is 1. The number of benzene rings is 2. The predicted molar refractivity (Wildman–Crippen MR) is 114 cm³/mol. The van der Waals surface area contributed by atoms with Gasteiger partial charge >= 0.3 is 0 Å². The van der Waals surface area contributed by atoms with Gasteiger partial charge in [-0.05, 0) is 42.7 Å². The molecule has 1 aliphatic heterocycles. The molecule has 4 rings (SSSR count). The van der Waals surface area contributed by atoms with E-state index in [2.05, 4.69) is 24.4 Å². The fourth-order valence-corrected chi connectivity index (χ4v) is 4.38. The summed E-state index contributed by atoms with van der Waals surface area (Å²) in [4.78, 5) is 31.3. The van der Waals surface area contributed by atoms with Crippen LogP contribution in [0.5, 0.6) is 0 Å². The molecule has 1 aliphatic rings. The summed E-state index contributed by atoms with van der Waals surface area (Å²) < 4.78 is 0. The first kappa shape index (κ1) is 18.5. The van der Waals surface area contributed by atoms with Gasteiger partial charge in [0.2, 0.25) is 11.8 Å². The standard InChI is InChI=1S/C22H21N3O2S/c1-3-15-11-16-8-6-7-14(2)21(16)24-22(15)28-13-20(27)25-12-19(26)23-17-9-4-5-10-18(17)25/h4-11H,3,12-13H2,1-2H3,(H,23,26). The maximum atomic E-state index is 12.9. The van der Waals surface area contributed by atoms with Crippen LogP contribution in [0, 0.1) is 6.92 Å². The first-order valence-corrected chi connectivity index (χ1v) is 10.3. The van der Waals surface area contributed by atoms with E-state index < -0.39 is 0 Å². The summed E-state index contributed by atoms with van der Waals surface area (Å²) in [5.74, 6) is -0.0364. The number of para-hydroxylation sites is 3. The van der Waals surface area contributed by atoms with Gasteiger partial charge in [-0.15, -0.1) is 0 Å². The molecular weight excluding hydrogens is 370 g/mol. The van der Waals surface area contributed by atoms with Crippen LogP contribution in [-0.4, -0.2) is 29.1 Å². The zero-order valence-electron chi connectivity index (χ0n) is 15.9. The highest BCUT2D eigenvalue weighted by Gasteiger charge is 2.26. The number of pyridine rings is 1. The van der Waals surface area contributed by atoms with E-state index in [9.17, 15) is 9.59 Å². The van der Waals surface area contributed by atoms with Crippen molar-refractivity contribution in [2.75, 3.05) is 22.5 Å². The zero-order valence-corrected chi connectivity index (χ0v) is 16.7. The van der Waals surface area contributed by atoms with Gasteiger partial charge in [0.15, 0.2) is 0 Å². The second kappa shape index (κ2) is 7.64. The second-order valence-corrected chi connectivity index (χ2v) is 7.75. The highest BCUT2D eigenvalue weighted by atomic mass is 32.2. The lowest BCUT2D eigenvalue weighted by molar-refractivity contribution is -0.120. The summed E-state index contributed by atoms with van der Waals surface area (Å²) in [6.07, 6.45) is 0.850. The lowest BCUT2D eigenvalue weighted by atomic mass is 10.1. The van der Waals surface area contributed by atoms with Crippen molar-refractivity contribution in [2.24, 2.45) is 0 Å². The molecular formula is C22H21N3O2S. The van der Waals surface area contributed by atoms with Gasteiger partial charge in [0, 0.05) is 5.39 Å². The van der Waals surface area contributed by atoms with E-state index in [1.165, 1.54) is 11.8 Å². The topological polar surface area (TPSA) is 62.3 Å². The van der Waals surface area contributed by atoms with Gasteiger partial charge < -0.3 is 10.2 Å². The SMILES string of the molecule is CCc1cc2cccc(C)c2nc1SCC(=O)N1CC(=O)Nc2ccccc21. The van der Waals surface area contributed by atoms with Crippen molar-refractivity contribution in [1.29, 1.82) is 0 Å². The van der Waals surface area contributed by atoms with Gasteiger partial charge in [0.05, 0.1) is 22.6 Å². The molecule has 5 nitrogen and oxygen atoms in total. The van der Waals surface area contributed by atoms with Crippen LogP contribution in [0.25, 0.3) is 10.9 Å². The molecule has 142 valence electrons. The molecule has 6 heteroatoms. The Morgan fingerprint density at radius 3 is 2.86 bits per heavy atom. The number of amides is 2. The number of hydrogen-bond acceptors (Lipinski definition) is 4. The first-order valence-electron chi connectivity index (χ1n) is 9.28. The van der Waals surface area contributed by atoms with Crippen LogP contribution in [0.2, 0.25) is 0 Å². The fourth-order valence-electron chi connectivity index (χ4n) is 3.42. The number of aryl methyl sites for hydroxylation is 2. The molecule has 0 atom stereocenters. The maximum Gasteiger partial charge on any atom is 0.244 e. The third kappa shape index (κ3) is 3.47. The minimum atomic E-state index is -0.175. The smallest absolute Gasteiger partial charge is 0.244 e. The number of aromatic nitrogens is 1. The molecule has 0 radical (unpaired) electrons. The number of anilines is 2. The van der Waals surface area contributed by atoms with Gasteiger partial charge in [-0.2, -0.15) is 0 Å². The Morgan fingerprint density at radius 1 is 1.21 bits per heavy atom. The molecule has 2 heterocycles. The predicted octanol–water partition coefficient (Wildman–Crippen LogP) is 4.18. The third-order valence-corrected chi connectivity index (χ3v) is 5.89. The lowest BCUT2D eigenvalue weighted by Crippen LogP contribution is -2.43. The normalized spacial score (nSPS) is 13.4. The number of carbonyl (C=O) groups excluding carboxylic acids is 2. The molecule has 0 aliphatic carbocycles. The third-order valence-electron chi connectivity index (χ3n) is 4.87. The lowest BCUT2D eigenvalue weighted by Gasteiger charge is -2.29. The van der Waals surface area contributed by atoms with Crippen LogP contribution in [0.1, 0.15) is 18.1 Å². The molecule has 2 aromatic carbocycles. The molecule has 0 fully saturated rings. The highest BCUT2D eigenvalue weighted by molar-refractivity contribution is 8.00.